The van der Waals surface area contributed by atoms with Crippen LogP contribution < -0.4 is 10.1 Å². The van der Waals surface area contributed by atoms with E-state index in [9.17, 15) is 14.0 Å². The molecule has 0 saturated heterocycles. The van der Waals surface area contributed by atoms with Gasteiger partial charge in [0.15, 0.2) is 17.7 Å². The third-order valence-electron chi connectivity index (χ3n) is 3.73. The van der Waals surface area contributed by atoms with Crippen LogP contribution in [0, 0.1) is 5.82 Å². The number of aromatic nitrogens is 2. The zero-order valence-corrected chi connectivity index (χ0v) is 14.1. The highest BCUT2D eigenvalue weighted by molar-refractivity contribution is 6.11. The van der Waals surface area contributed by atoms with Gasteiger partial charge in [0.1, 0.15) is 5.65 Å². The molecule has 1 aromatic carbocycles. The molecule has 0 aliphatic heterocycles. The number of nitrogens with one attached hydrogen (secondary N) is 2. The largest absolute Gasteiger partial charge is 0.476 e. The van der Waals surface area contributed by atoms with Crippen molar-refractivity contribution < 1.29 is 23.5 Å². The lowest BCUT2D eigenvalue weighted by atomic mass is 10.1. The van der Waals surface area contributed by atoms with Gasteiger partial charge in [-0.05, 0) is 31.2 Å². The van der Waals surface area contributed by atoms with Gasteiger partial charge in [-0.3, -0.25) is 4.79 Å². The molecular formula is C18H16FN3O4. The van der Waals surface area contributed by atoms with Crippen LogP contribution in [-0.4, -0.2) is 35.1 Å². The lowest BCUT2D eigenvalue weighted by Crippen LogP contribution is -2.25. The zero-order chi connectivity index (χ0) is 18.7. The number of carbonyl (C=O) groups excluding carboxylic acids is 2. The van der Waals surface area contributed by atoms with Crippen LogP contribution in [0.3, 0.4) is 0 Å². The van der Waals surface area contributed by atoms with Gasteiger partial charge in [0.25, 0.3) is 5.91 Å². The van der Waals surface area contributed by atoms with E-state index in [2.05, 4.69) is 20.0 Å². The number of hydrogen-bond donors (Lipinski definition) is 2. The minimum atomic E-state index is -0.950. The summed E-state index contributed by atoms with van der Waals surface area (Å²) in [7, 11) is 1.22. The summed E-state index contributed by atoms with van der Waals surface area (Å²) >= 11 is 0. The van der Waals surface area contributed by atoms with Gasteiger partial charge in [-0.1, -0.05) is 0 Å². The van der Waals surface area contributed by atoms with Crippen molar-refractivity contribution in [1.82, 2.24) is 9.97 Å². The molecule has 0 spiro atoms. The second-order valence-electron chi connectivity index (χ2n) is 5.48. The molecule has 7 nitrogen and oxygen atoms in total. The van der Waals surface area contributed by atoms with Crippen LogP contribution in [0.4, 0.5) is 10.1 Å². The van der Waals surface area contributed by atoms with Crippen LogP contribution in [0.15, 0.2) is 42.7 Å². The molecule has 1 unspecified atom stereocenters. The number of rotatable bonds is 5. The van der Waals surface area contributed by atoms with Gasteiger partial charge in [-0.15, -0.1) is 0 Å². The number of carbonyl (C=O) groups is 2. The fraction of sp³-hybridized carbons (Fsp3) is 0.167. The number of anilines is 1. The molecule has 0 bridgehead atoms. The maximum Gasteiger partial charge on any atom is 0.346 e. The van der Waals surface area contributed by atoms with Gasteiger partial charge in [-0.2, -0.15) is 0 Å². The average molecular weight is 357 g/mol. The van der Waals surface area contributed by atoms with Crippen LogP contribution in [0.25, 0.3) is 11.0 Å². The zero-order valence-electron chi connectivity index (χ0n) is 14.1. The Morgan fingerprint density at radius 1 is 1.27 bits per heavy atom. The number of halogens is 1. The van der Waals surface area contributed by atoms with Gasteiger partial charge in [0.05, 0.1) is 12.7 Å². The number of ether oxygens (including phenoxy) is 2. The summed E-state index contributed by atoms with van der Waals surface area (Å²) in [5.41, 5.74) is 1.26. The quantitative estimate of drug-likeness (QED) is 0.685. The van der Waals surface area contributed by atoms with Crippen LogP contribution in [-0.2, 0) is 9.53 Å². The smallest absolute Gasteiger partial charge is 0.346 e. The average Bonchev–Trinajstić information content (AvgIpc) is 3.11. The van der Waals surface area contributed by atoms with Crippen molar-refractivity contribution in [3.8, 4) is 5.75 Å². The Kier molecular flexibility index (Phi) is 4.83. The summed E-state index contributed by atoms with van der Waals surface area (Å²) in [5.74, 6) is -1.83. The molecule has 0 saturated carbocycles. The molecule has 3 rings (SSSR count). The minimum Gasteiger partial charge on any atom is -0.476 e. The van der Waals surface area contributed by atoms with Crippen molar-refractivity contribution >= 4 is 28.6 Å². The minimum absolute atomic E-state index is 0.113. The molecule has 0 aliphatic carbocycles. The highest BCUT2D eigenvalue weighted by atomic mass is 19.1. The van der Waals surface area contributed by atoms with Crippen molar-refractivity contribution in [2.75, 3.05) is 12.4 Å². The molecule has 2 N–H and O–H groups in total. The Bertz CT molecular complexity index is 970. The second-order valence-corrected chi connectivity index (χ2v) is 5.48. The van der Waals surface area contributed by atoms with Crippen molar-refractivity contribution in [3.05, 3.63) is 54.1 Å². The predicted octanol–water partition coefficient (Wildman–Crippen LogP) is 2.89. The molecule has 1 amide bonds. The third-order valence-corrected chi connectivity index (χ3v) is 3.73. The van der Waals surface area contributed by atoms with E-state index in [-0.39, 0.29) is 11.4 Å². The molecule has 2 aromatic heterocycles. The molecule has 3 aromatic rings. The van der Waals surface area contributed by atoms with E-state index >= 15 is 0 Å². The Hall–Kier alpha value is -3.42. The summed E-state index contributed by atoms with van der Waals surface area (Å²) in [5, 5.41) is 3.29. The number of H-pyrrole nitrogens is 1. The van der Waals surface area contributed by atoms with E-state index in [0.29, 0.717) is 16.6 Å². The van der Waals surface area contributed by atoms with Gasteiger partial charge < -0.3 is 19.8 Å². The van der Waals surface area contributed by atoms with Crippen molar-refractivity contribution in [2.24, 2.45) is 0 Å². The molecule has 134 valence electrons. The maximum absolute atomic E-state index is 14.2. The summed E-state index contributed by atoms with van der Waals surface area (Å²) in [6, 6.07) is 7.26. The Labute approximate surface area is 148 Å². The fourth-order valence-electron chi connectivity index (χ4n) is 2.44. The molecule has 0 fully saturated rings. The standard InChI is InChI=1S/C18H16FN3O4/c1-10(18(24)25-2)26-15-4-3-11(9-14(15)19)22-17(23)13-6-8-21-16-12(13)5-7-20-16/h3-10H,1-2H3,(H,20,21)(H,22,23). The number of pyridine rings is 1. The van der Waals surface area contributed by atoms with E-state index in [1.807, 2.05) is 0 Å². The first-order valence-electron chi connectivity index (χ1n) is 7.77. The number of nitrogens with zero attached hydrogens (tertiary/aromatic N) is 1. The Balaban J connectivity index is 1.76. The van der Waals surface area contributed by atoms with Crippen LogP contribution in [0.5, 0.6) is 5.75 Å². The highest BCUT2D eigenvalue weighted by Crippen LogP contribution is 2.23. The fourth-order valence-corrected chi connectivity index (χ4v) is 2.44. The summed E-state index contributed by atoms with van der Waals surface area (Å²) in [6.45, 7) is 1.45. The van der Waals surface area contributed by atoms with Crippen LogP contribution in [0.2, 0.25) is 0 Å². The first-order valence-corrected chi connectivity index (χ1v) is 7.77. The number of fused-ring (bicyclic) bond motifs is 1. The second kappa shape index (κ2) is 7.22. The monoisotopic (exact) mass is 357 g/mol. The number of esters is 1. The molecule has 8 heteroatoms. The molecule has 26 heavy (non-hydrogen) atoms. The van der Waals surface area contributed by atoms with Crippen molar-refractivity contribution in [3.63, 3.8) is 0 Å². The summed E-state index contributed by atoms with van der Waals surface area (Å²) in [4.78, 5) is 30.8. The SMILES string of the molecule is COC(=O)C(C)Oc1ccc(NC(=O)c2ccnc3[nH]ccc23)cc1F. The molecular weight excluding hydrogens is 341 g/mol. The lowest BCUT2D eigenvalue weighted by molar-refractivity contribution is -0.148. The van der Waals surface area contributed by atoms with Gasteiger partial charge >= 0.3 is 5.97 Å². The highest BCUT2D eigenvalue weighted by Gasteiger charge is 2.18. The molecule has 2 heterocycles. The third kappa shape index (κ3) is 3.49. The predicted molar refractivity (Wildman–Crippen MR) is 92.6 cm³/mol. The van der Waals surface area contributed by atoms with E-state index in [4.69, 9.17) is 4.74 Å². The van der Waals surface area contributed by atoms with Gasteiger partial charge in [0.2, 0.25) is 0 Å². The van der Waals surface area contributed by atoms with Crippen molar-refractivity contribution in [2.45, 2.75) is 13.0 Å². The van der Waals surface area contributed by atoms with Gasteiger partial charge in [-0.25, -0.2) is 14.2 Å². The van der Waals surface area contributed by atoms with E-state index in [1.165, 1.54) is 32.4 Å². The Morgan fingerprint density at radius 2 is 2.08 bits per heavy atom. The van der Waals surface area contributed by atoms with Gasteiger partial charge in [0, 0.05) is 29.5 Å². The lowest BCUT2D eigenvalue weighted by Gasteiger charge is -2.14. The number of hydrogen-bond acceptors (Lipinski definition) is 5. The maximum atomic E-state index is 14.2. The van der Waals surface area contributed by atoms with Crippen LogP contribution in [0.1, 0.15) is 17.3 Å². The van der Waals surface area contributed by atoms with Crippen LogP contribution >= 0.6 is 0 Å². The number of aromatic amines is 1. The van der Waals surface area contributed by atoms with E-state index < -0.39 is 23.8 Å². The van der Waals surface area contributed by atoms with Crippen molar-refractivity contribution in [1.29, 1.82) is 0 Å². The molecule has 1 atom stereocenters. The van der Waals surface area contributed by atoms with E-state index in [0.717, 1.165) is 6.07 Å². The normalized spacial score (nSPS) is 11.8. The Morgan fingerprint density at radius 3 is 2.81 bits per heavy atom. The first kappa shape index (κ1) is 17.4. The topological polar surface area (TPSA) is 93.3 Å². The summed E-state index contributed by atoms with van der Waals surface area (Å²) in [6.07, 6.45) is 2.25. The number of benzene rings is 1. The number of methoxy groups -OCH3 is 1. The number of amides is 1. The molecule has 0 aliphatic rings. The molecule has 0 radical (unpaired) electrons. The summed E-state index contributed by atoms with van der Waals surface area (Å²) < 4.78 is 23.9. The first-order chi connectivity index (χ1) is 12.5. The van der Waals surface area contributed by atoms with E-state index in [1.54, 1.807) is 18.3 Å².